The van der Waals surface area contributed by atoms with Gasteiger partial charge in [0.25, 0.3) is 0 Å². The Morgan fingerprint density at radius 1 is 1.71 bits per heavy atom. The molecule has 0 aliphatic rings. The molecule has 1 N–H and O–H groups in total. The van der Waals surface area contributed by atoms with Crippen LogP contribution in [-0.4, -0.2) is 16.1 Å². The molecule has 0 aliphatic heterocycles. The molecule has 0 bridgehead atoms. The Bertz CT molecular complexity index is 330. The summed E-state index contributed by atoms with van der Waals surface area (Å²) in [5.41, 5.74) is 1.61. The first-order chi connectivity index (χ1) is 6.65. The van der Waals surface area contributed by atoms with Crippen LogP contribution in [0.2, 0.25) is 0 Å². The summed E-state index contributed by atoms with van der Waals surface area (Å²) < 4.78 is 0. The molecule has 0 radical (unpaired) electrons. The van der Waals surface area contributed by atoms with Gasteiger partial charge in [0.05, 0.1) is 5.69 Å². The van der Waals surface area contributed by atoms with Gasteiger partial charge in [-0.05, 0) is 25.0 Å². The summed E-state index contributed by atoms with van der Waals surface area (Å²) in [6, 6.07) is 3.61. The predicted molar refractivity (Wildman–Crippen MR) is 54.2 cm³/mol. The highest BCUT2D eigenvalue weighted by molar-refractivity contribution is 5.75. The second-order valence-electron chi connectivity index (χ2n) is 3.18. The summed E-state index contributed by atoms with van der Waals surface area (Å²) in [6.45, 7) is 5.45. The fourth-order valence-corrected chi connectivity index (χ4v) is 1.20. The molecule has 1 rings (SSSR count). The van der Waals surface area contributed by atoms with Crippen molar-refractivity contribution in [3.05, 3.63) is 42.2 Å². The molecule has 0 aromatic carbocycles. The molecular formula is C11H13NO2. The number of hydrogen-bond acceptors (Lipinski definition) is 2. The van der Waals surface area contributed by atoms with Gasteiger partial charge in [-0.1, -0.05) is 12.1 Å². The van der Waals surface area contributed by atoms with Gasteiger partial charge in [-0.15, -0.1) is 6.58 Å². The van der Waals surface area contributed by atoms with Crippen LogP contribution in [0.15, 0.2) is 31.0 Å². The van der Waals surface area contributed by atoms with Gasteiger partial charge in [0.15, 0.2) is 0 Å². The number of aryl methyl sites for hydroxylation is 1. The maximum atomic E-state index is 10.9. The lowest BCUT2D eigenvalue weighted by atomic mass is 10.0. The number of nitrogens with zero attached hydrogens (tertiary/aromatic N) is 1. The highest BCUT2D eigenvalue weighted by atomic mass is 16.4. The molecule has 1 aromatic rings. The van der Waals surface area contributed by atoms with E-state index in [2.05, 4.69) is 11.6 Å². The average molecular weight is 191 g/mol. The van der Waals surface area contributed by atoms with Crippen molar-refractivity contribution in [1.29, 1.82) is 0 Å². The minimum atomic E-state index is -0.860. The van der Waals surface area contributed by atoms with Crippen molar-refractivity contribution in [3.8, 4) is 0 Å². The third-order valence-corrected chi connectivity index (χ3v) is 1.99. The summed E-state index contributed by atoms with van der Waals surface area (Å²) in [6.07, 6.45) is 3.68. The number of aliphatic carboxylic acids is 1. The second-order valence-corrected chi connectivity index (χ2v) is 3.18. The molecule has 0 amide bonds. The molecule has 3 heteroatoms. The normalized spacial score (nSPS) is 12.1. The molecule has 1 unspecified atom stereocenters. The van der Waals surface area contributed by atoms with E-state index in [-0.39, 0.29) is 0 Å². The molecule has 0 saturated heterocycles. The zero-order chi connectivity index (χ0) is 10.6. The van der Waals surface area contributed by atoms with Crippen molar-refractivity contribution < 1.29 is 9.90 Å². The minimum Gasteiger partial charge on any atom is -0.481 e. The van der Waals surface area contributed by atoms with Crippen LogP contribution in [0.5, 0.6) is 0 Å². The number of allylic oxidation sites excluding steroid dienone is 1. The van der Waals surface area contributed by atoms with E-state index in [0.29, 0.717) is 12.1 Å². The molecular weight excluding hydrogens is 178 g/mol. The van der Waals surface area contributed by atoms with Crippen molar-refractivity contribution in [2.24, 2.45) is 0 Å². The Morgan fingerprint density at radius 3 is 2.86 bits per heavy atom. The van der Waals surface area contributed by atoms with E-state index in [1.165, 1.54) is 0 Å². The van der Waals surface area contributed by atoms with Crippen LogP contribution in [0.25, 0.3) is 0 Å². The van der Waals surface area contributed by atoms with Gasteiger partial charge in [-0.25, -0.2) is 0 Å². The summed E-state index contributed by atoms with van der Waals surface area (Å²) in [5.74, 6) is -1.44. The number of carbonyl (C=O) groups is 1. The van der Waals surface area contributed by atoms with Crippen molar-refractivity contribution in [2.75, 3.05) is 0 Å². The Morgan fingerprint density at radius 2 is 2.43 bits per heavy atom. The van der Waals surface area contributed by atoms with E-state index in [1.807, 2.05) is 13.0 Å². The monoisotopic (exact) mass is 191 g/mol. The van der Waals surface area contributed by atoms with Gasteiger partial charge in [0, 0.05) is 6.20 Å². The van der Waals surface area contributed by atoms with Crippen LogP contribution in [0.3, 0.4) is 0 Å². The largest absolute Gasteiger partial charge is 0.481 e. The van der Waals surface area contributed by atoms with Crippen LogP contribution in [-0.2, 0) is 4.79 Å². The predicted octanol–water partition coefficient (Wildman–Crippen LogP) is 2.13. The first kappa shape index (κ1) is 10.4. The van der Waals surface area contributed by atoms with Gasteiger partial charge >= 0.3 is 5.97 Å². The fourth-order valence-electron chi connectivity index (χ4n) is 1.20. The smallest absolute Gasteiger partial charge is 0.312 e. The van der Waals surface area contributed by atoms with E-state index < -0.39 is 11.9 Å². The third-order valence-electron chi connectivity index (χ3n) is 1.99. The number of carboxylic acid groups (broad SMARTS) is 1. The SMILES string of the molecule is C=CCC(C(=O)O)c1ccc(C)cn1. The highest BCUT2D eigenvalue weighted by Gasteiger charge is 2.18. The molecule has 0 saturated carbocycles. The maximum Gasteiger partial charge on any atom is 0.312 e. The summed E-state index contributed by atoms with van der Waals surface area (Å²) in [4.78, 5) is 15.0. The standard InChI is InChI=1S/C11H13NO2/c1-3-4-9(11(13)14)10-6-5-8(2)7-12-10/h3,5-7,9H,1,4H2,2H3,(H,13,14). The van der Waals surface area contributed by atoms with E-state index >= 15 is 0 Å². The first-order valence-electron chi connectivity index (χ1n) is 4.41. The Labute approximate surface area is 83.1 Å². The molecule has 0 spiro atoms. The number of aromatic nitrogens is 1. The van der Waals surface area contributed by atoms with Crippen LogP contribution >= 0.6 is 0 Å². The fraction of sp³-hybridized carbons (Fsp3) is 0.273. The van der Waals surface area contributed by atoms with Gasteiger partial charge in [-0.3, -0.25) is 9.78 Å². The van der Waals surface area contributed by atoms with Crippen LogP contribution in [0.1, 0.15) is 23.6 Å². The van der Waals surface area contributed by atoms with E-state index in [4.69, 9.17) is 5.11 Å². The number of pyridine rings is 1. The average Bonchev–Trinajstić information content (AvgIpc) is 2.15. The molecule has 1 heterocycles. The van der Waals surface area contributed by atoms with Crippen molar-refractivity contribution >= 4 is 5.97 Å². The summed E-state index contributed by atoms with van der Waals surface area (Å²) >= 11 is 0. The summed E-state index contributed by atoms with van der Waals surface area (Å²) in [5, 5.41) is 8.94. The van der Waals surface area contributed by atoms with Crippen LogP contribution in [0.4, 0.5) is 0 Å². The van der Waals surface area contributed by atoms with E-state index in [1.54, 1.807) is 18.3 Å². The molecule has 14 heavy (non-hydrogen) atoms. The molecule has 3 nitrogen and oxygen atoms in total. The topological polar surface area (TPSA) is 50.2 Å². The lowest BCUT2D eigenvalue weighted by Gasteiger charge is -2.08. The van der Waals surface area contributed by atoms with Crippen LogP contribution < -0.4 is 0 Å². The quantitative estimate of drug-likeness (QED) is 0.742. The Hall–Kier alpha value is -1.64. The van der Waals surface area contributed by atoms with Gasteiger partial charge in [-0.2, -0.15) is 0 Å². The van der Waals surface area contributed by atoms with E-state index in [0.717, 1.165) is 5.56 Å². The molecule has 0 aliphatic carbocycles. The van der Waals surface area contributed by atoms with Gasteiger partial charge in [0.1, 0.15) is 5.92 Å². The van der Waals surface area contributed by atoms with Crippen molar-refractivity contribution in [3.63, 3.8) is 0 Å². The number of carboxylic acids is 1. The van der Waals surface area contributed by atoms with Crippen molar-refractivity contribution in [1.82, 2.24) is 4.98 Å². The molecule has 0 fully saturated rings. The minimum absolute atomic E-state index is 0.408. The zero-order valence-corrected chi connectivity index (χ0v) is 8.10. The number of rotatable bonds is 4. The third kappa shape index (κ3) is 2.42. The first-order valence-corrected chi connectivity index (χ1v) is 4.41. The van der Waals surface area contributed by atoms with Gasteiger partial charge in [0.2, 0.25) is 0 Å². The molecule has 1 aromatic heterocycles. The maximum absolute atomic E-state index is 10.9. The number of hydrogen-bond donors (Lipinski definition) is 1. The lowest BCUT2D eigenvalue weighted by Crippen LogP contribution is -2.12. The van der Waals surface area contributed by atoms with Crippen molar-refractivity contribution in [2.45, 2.75) is 19.3 Å². The van der Waals surface area contributed by atoms with E-state index in [9.17, 15) is 4.79 Å². The Kier molecular flexibility index (Phi) is 3.40. The second kappa shape index (κ2) is 4.56. The Balaban J connectivity index is 2.93. The molecule has 74 valence electrons. The zero-order valence-electron chi connectivity index (χ0n) is 8.10. The summed E-state index contributed by atoms with van der Waals surface area (Å²) in [7, 11) is 0. The lowest BCUT2D eigenvalue weighted by molar-refractivity contribution is -0.138. The molecule has 1 atom stereocenters. The highest BCUT2D eigenvalue weighted by Crippen LogP contribution is 2.18. The van der Waals surface area contributed by atoms with Gasteiger partial charge < -0.3 is 5.11 Å². The van der Waals surface area contributed by atoms with Crippen LogP contribution in [0, 0.1) is 6.92 Å².